The molecule has 0 radical (unpaired) electrons. The van der Waals surface area contributed by atoms with Gasteiger partial charge in [-0.05, 0) is 37.1 Å². The lowest BCUT2D eigenvalue weighted by molar-refractivity contribution is 0.126. The summed E-state index contributed by atoms with van der Waals surface area (Å²) in [5.74, 6) is 0. The standard InChI is InChI=1S/C14H22ClNO/c1-3-5-10-16-13(4-2)14(17)11-6-8-12(15)9-7-11/h6-9,13-14,16-17H,3-5,10H2,1-2H3. The van der Waals surface area contributed by atoms with Gasteiger partial charge in [0, 0.05) is 11.1 Å². The molecule has 1 aromatic rings. The molecule has 2 nitrogen and oxygen atoms in total. The topological polar surface area (TPSA) is 32.3 Å². The summed E-state index contributed by atoms with van der Waals surface area (Å²) in [5.41, 5.74) is 0.922. The number of benzene rings is 1. The molecular weight excluding hydrogens is 234 g/mol. The summed E-state index contributed by atoms with van der Waals surface area (Å²) in [7, 11) is 0. The zero-order valence-electron chi connectivity index (χ0n) is 10.6. The van der Waals surface area contributed by atoms with Crippen molar-refractivity contribution in [3.8, 4) is 0 Å². The predicted octanol–water partition coefficient (Wildman–Crippen LogP) is 3.54. The maximum absolute atomic E-state index is 10.3. The Balaban J connectivity index is 2.58. The van der Waals surface area contributed by atoms with Crippen LogP contribution in [0, 0.1) is 0 Å². The van der Waals surface area contributed by atoms with Crippen molar-refractivity contribution in [2.45, 2.75) is 45.3 Å². The number of halogens is 1. The minimum atomic E-state index is -0.464. The van der Waals surface area contributed by atoms with E-state index < -0.39 is 6.10 Å². The van der Waals surface area contributed by atoms with Gasteiger partial charge in [-0.15, -0.1) is 0 Å². The largest absolute Gasteiger partial charge is 0.387 e. The quantitative estimate of drug-likeness (QED) is 0.731. The van der Waals surface area contributed by atoms with Crippen LogP contribution >= 0.6 is 11.6 Å². The summed E-state index contributed by atoms with van der Waals surface area (Å²) >= 11 is 5.83. The van der Waals surface area contributed by atoms with E-state index in [2.05, 4.69) is 19.2 Å². The Morgan fingerprint density at radius 1 is 1.24 bits per heavy atom. The van der Waals surface area contributed by atoms with Crippen LogP contribution < -0.4 is 5.32 Å². The molecule has 0 aromatic heterocycles. The van der Waals surface area contributed by atoms with Crippen LogP contribution in [0.3, 0.4) is 0 Å². The van der Waals surface area contributed by atoms with Gasteiger partial charge >= 0.3 is 0 Å². The highest BCUT2D eigenvalue weighted by Gasteiger charge is 2.18. The van der Waals surface area contributed by atoms with Gasteiger partial charge in [0.05, 0.1) is 6.10 Å². The van der Waals surface area contributed by atoms with Gasteiger partial charge in [0.25, 0.3) is 0 Å². The molecule has 2 atom stereocenters. The second kappa shape index (κ2) is 7.70. The lowest BCUT2D eigenvalue weighted by Crippen LogP contribution is -2.35. The first kappa shape index (κ1) is 14.5. The highest BCUT2D eigenvalue weighted by molar-refractivity contribution is 6.30. The van der Waals surface area contributed by atoms with E-state index in [9.17, 15) is 5.11 Å². The van der Waals surface area contributed by atoms with Crippen molar-refractivity contribution in [1.82, 2.24) is 5.32 Å². The van der Waals surface area contributed by atoms with Crippen molar-refractivity contribution in [2.24, 2.45) is 0 Å². The van der Waals surface area contributed by atoms with E-state index in [0.717, 1.165) is 24.9 Å². The van der Waals surface area contributed by atoms with Crippen LogP contribution in [0.5, 0.6) is 0 Å². The molecule has 1 aromatic carbocycles. The Labute approximate surface area is 109 Å². The molecular formula is C14H22ClNO. The molecule has 0 aliphatic carbocycles. The van der Waals surface area contributed by atoms with Gasteiger partial charge in [-0.2, -0.15) is 0 Å². The van der Waals surface area contributed by atoms with Crippen molar-refractivity contribution in [1.29, 1.82) is 0 Å². The molecule has 0 aliphatic heterocycles. The Hall–Kier alpha value is -0.570. The fourth-order valence-corrected chi connectivity index (χ4v) is 1.96. The average Bonchev–Trinajstić information content (AvgIpc) is 2.35. The van der Waals surface area contributed by atoms with Crippen LogP contribution in [0.2, 0.25) is 5.02 Å². The van der Waals surface area contributed by atoms with E-state index in [4.69, 9.17) is 11.6 Å². The Bertz CT molecular complexity index is 313. The van der Waals surface area contributed by atoms with Crippen molar-refractivity contribution < 1.29 is 5.11 Å². The van der Waals surface area contributed by atoms with Crippen molar-refractivity contribution in [3.05, 3.63) is 34.9 Å². The van der Waals surface area contributed by atoms with E-state index in [-0.39, 0.29) is 6.04 Å². The number of aliphatic hydroxyl groups is 1. The zero-order valence-corrected chi connectivity index (χ0v) is 11.4. The maximum Gasteiger partial charge on any atom is 0.0942 e. The Morgan fingerprint density at radius 3 is 2.41 bits per heavy atom. The van der Waals surface area contributed by atoms with Crippen LogP contribution in [0.25, 0.3) is 0 Å². The first-order valence-corrected chi connectivity index (χ1v) is 6.73. The summed E-state index contributed by atoms with van der Waals surface area (Å²) in [4.78, 5) is 0. The summed E-state index contributed by atoms with van der Waals surface area (Å²) < 4.78 is 0. The molecule has 0 amide bonds. The third kappa shape index (κ3) is 4.66. The van der Waals surface area contributed by atoms with Gasteiger partial charge in [0.2, 0.25) is 0 Å². The van der Waals surface area contributed by atoms with Crippen LogP contribution in [-0.2, 0) is 0 Å². The minimum Gasteiger partial charge on any atom is -0.387 e. The number of hydrogen-bond donors (Lipinski definition) is 2. The number of nitrogens with one attached hydrogen (secondary N) is 1. The molecule has 17 heavy (non-hydrogen) atoms. The zero-order chi connectivity index (χ0) is 12.7. The van der Waals surface area contributed by atoms with E-state index in [0.29, 0.717) is 5.02 Å². The summed E-state index contributed by atoms with van der Waals surface area (Å²) in [5, 5.41) is 14.4. The average molecular weight is 256 g/mol. The summed E-state index contributed by atoms with van der Waals surface area (Å²) in [6.07, 6.45) is 2.76. The third-order valence-electron chi connectivity index (χ3n) is 2.97. The first-order chi connectivity index (χ1) is 8.19. The number of aliphatic hydroxyl groups excluding tert-OH is 1. The Morgan fingerprint density at radius 2 is 1.88 bits per heavy atom. The molecule has 1 rings (SSSR count). The molecule has 0 saturated heterocycles. The Kier molecular flexibility index (Phi) is 6.56. The van der Waals surface area contributed by atoms with Crippen molar-refractivity contribution in [3.63, 3.8) is 0 Å². The van der Waals surface area contributed by atoms with Gasteiger partial charge in [0.1, 0.15) is 0 Å². The first-order valence-electron chi connectivity index (χ1n) is 6.36. The highest BCUT2D eigenvalue weighted by atomic mass is 35.5. The van der Waals surface area contributed by atoms with Gasteiger partial charge in [-0.3, -0.25) is 0 Å². The fourth-order valence-electron chi connectivity index (χ4n) is 1.84. The smallest absolute Gasteiger partial charge is 0.0942 e. The van der Waals surface area contributed by atoms with Gasteiger partial charge < -0.3 is 10.4 Å². The normalized spacial score (nSPS) is 14.6. The summed E-state index contributed by atoms with van der Waals surface area (Å²) in [6.45, 7) is 5.21. The minimum absolute atomic E-state index is 0.114. The molecule has 0 spiro atoms. The van der Waals surface area contributed by atoms with Crippen LogP contribution in [0.15, 0.2) is 24.3 Å². The van der Waals surface area contributed by atoms with E-state index >= 15 is 0 Å². The van der Waals surface area contributed by atoms with Crippen molar-refractivity contribution >= 4 is 11.6 Å². The SMILES string of the molecule is CCCCNC(CC)C(O)c1ccc(Cl)cc1. The maximum atomic E-state index is 10.3. The molecule has 2 unspecified atom stereocenters. The predicted molar refractivity (Wildman–Crippen MR) is 73.4 cm³/mol. The lowest BCUT2D eigenvalue weighted by atomic mass is 10.0. The van der Waals surface area contributed by atoms with Crippen LogP contribution in [-0.4, -0.2) is 17.7 Å². The van der Waals surface area contributed by atoms with Crippen LogP contribution in [0.4, 0.5) is 0 Å². The van der Waals surface area contributed by atoms with Gasteiger partial charge in [-0.1, -0.05) is 44.0 Å². The number of unbranched alkanes of at least 4 members (excludes halogenated alkanes) is 1. The molecule has 0 heterocycles. The lowest BCUT2D eigenvalue weighted by Gasteiger charge is -2.23. The number of hydrogen-bond acceptors (Lipinski definition) is 2. The molecule has 96 valence electrons. The van der Waals surface area contributed by atoms with Crippen molar-refractivity contribution in [2.75, 3.05) is 6.54 Å². The second-order valence-electron chi connectivity index (χ2n) is 4.32. The van der Waals surface area contributed by atoms with E-state index in [1.165, 1.54) is 6.42 Å². The van der Waals surface area contributed by atoms with Gasteiger partial charge in [-0.25, -0.2) is 0 Å². The molecule has 0 saturated carbocycles. The second-order valence-corrected chi connectivity index (χ2v) is 4.76. The van der Waals surface area contributed by atoms with Gasteiger partial charge in [0.15, 0.2) is 0 Å². The fraction of sp³-hybridized carbons (Fsp3) is 0.571. The van der Waals surface area contributed by atoms with Crippen LogP contribution in [0.1, 0.15) is 44.8 Å². The molecule has 0 bridgehead atoms. The molecule has 0 fully saturated rings. The summed E-state index contributed by atoms with van der Waals surface area (Å²) in [6, 6.07) is 7.52. The third-order valence-corrected chi connectivity index (χ3v) is 3.22. The number of rotatable bonds is 7. The molecule has 0 aliphatic rings. The highest BCUT2D eigenvalue weighted by Crippen LogP contribution is 2.20. The van der Waals surface area contributed by atoms with E-state index in [1.54, 1.807) is 0 Å². The molecule has 3 heteroatoms. The monoisotopic (exact) mass is 255 g/mol. The molecule has 2 N–H and O–H groups in total. The van der Waals surface area contributed by atoms with E-state index in [1.807, 2.05) is 24.3 Å².